The van der Waals surface area contributed by atoms with E-state index in [9.17, 15) is 5.11 Å². The lowest BCUT2D eigenvalue weighted by Crippen LogP contribution is -2.57. The highest BCUT2D eigenvalue weighted by atomic mass is 35.5. The van der Waals surface area contributed by atoms with E-state index < -0.39 is 0 Å². The van der Waals surface area contributed by atoms with Crippen LogP contribution in [0.1, 0.15) is 19.5 Å². The van der Waals surface area contributed by atoms with Gasteiger partial charge in [0, 0.05) is 25.2 Å². The molecule has 0 atom stereocenters. The number of anilines is 1. The van der Waals surface area contributed by atoms with E-state index in [1.54, 1.807) is 6.07 Å². The number of likely N-dealkylation sites (N-methyl/N-ethyl adjacent to an activating group) is 1. The van der Waals surface area contributed by atoms with Gasteiger partial charge >= 0.3 is 0 Å². The van der Waals surface area contributed by atoms with Gasteiger partial charge in [0.05, 0.1) is 17.3 Å². The minimum atomic E-state index is -0.121. The van der Waals surface area contributed by atoms with E-state index in [4.69, 9.17) is 11.6 Å². The van der Waals surface area contributed by atoms with Gasteiger partial charge in [0.15, 0.2) is 0 Å². The first-order valence-electron chi connectivity index (χ1n) is 6.16. The average Bonchev–Trinajstić information content (AvgIpc) is 2.33. The van der Waals surface area contributed by atoms with E-state index in [1.165, 1.54) is 0 Å². The third-order valence-corrected chi connectivity index (χ3v) is 4.04. The summed E-state index contributed by atoms with van der Waals surface area (Å²) in [7, 11) is 2.14. The van der Waals surface area contributed by atoms with Crippen LogP contribution in [-0.2, 0) is 6.61 Å². The fraction of sp³-hybridized carbons (Fsp3) is 0.615. The summed E-state index contributed by atoms with van der Waals surface area (Å²) in [5, 5.41) is 9.74. The van der Waals surface area contributed by atoms with Crippen LogP contribution in [0.4, 0.5) is 5.82 Å². The number of aliphatic hydroxyl groups excluding tert-OH is 1. The predicted octanol–water partition coefficient (Wildman–Crippen LogP) is 1.76. The molecule has 18 heavy (non-hydrogen) atoms. The molecule has 0 saturated carbocycles. The lowest BCUT2D eigenvalue weighted by Gasteiger charge is -2.45. The molecule has 1 aliphatic rings. The van der Waals surface area contributed by atoms with Crippen LogP contribution < -0.4 is 4.90 Å². The molecule has 2 heterocycles. The Labute approximate surface area is 113 Å². The van der Waals surface area contributed by atoms with Gasteiger partial charge in [-0.25, -0.2) is 4.98 Å². The SMILES string of the molecule is CN1CCN(c2ccc(Cl)c(CO)n2)CC1(C)C. The van der Waals surface area contributed by atoms with Crippen molar-refractivity contribution in [1.82, 2.24) is 9.88 Å². The van der Waals surface area contributed by atoms with Crippen LogP contribution in [0.2, 0.25) is 5.02 Å². The highest BCUT2D eigenvalue weighted by Crippen LogP contribution is 2.25. The molecule has 1 aromatic rings. The molecule has 1 aliphatic heterocycles. The zero-order valence-electron chi connectivity index (χ0n) is 11.1. The molecule has 0 aliphatic carbocycles. The minimum Gasteiger partial charge on any atom is -0.390 e. The van der Waals surface area contributed by atoms with Crippen LogP contribution in [0, 0.1) is 0 Å². The lowest BCUT2D eigenvalue weighted by atomic mass is 10.00. The van der Waals surface area contributed by atoms with Crippen molar-refractivity contribution in [2.24, 2.45) is 0 Å². The van der Waals surface area contributed by atoms with Crippen LogP contribution >= 0.6 is 11.6 Å². The Morgan fingerprint density at radius 3 is 2.72 bits per heavy atom. The van der Waals surface area contributed by atoms with E-state index in [0.717, 1.165) is 25.5 Å². The summed E-state index contributed by atoms with van der Waals surface area (Å²) >= 11 is 5.97. The second-order valence-electron chi connectivity index (χ2n) is 5.41. The maximum absolute atomic E-state index is 9.21. The Balaban J connectivity index is 2.22. The summed E-state index contributed by atoms with van der Waals surface area (Å²) in [5.74, 6) is 0.893. The molecule has 0 radical (unpaired) electrons. The van der Waals surface area contributed by atoms with Crippen LogP contribution in [0.15, 0.2) is 12.1 Å². The molecule has 1 saturated heterocycles. The van der Waals surface area contributed by atoms with Crippen LogP contribution in [-0.4, -0.2) is 47.2 Å². The number of pyridine rings is 1. The van der Waals surface area contributed by atoms with Crippen molar-refractivity contribution in [3.63, 3.8) is 0 Å². The average molecular weight is 270 g/mol. The molecule has 0 aromatic carbocycles. The van der Waals surface area contributed by atoms with Crippen molar-refractivity contribution in [2.45, 2.75) is 26.0 Å². The molecule has 0 unspecified atom stereocenters. The monoisotopic (exact) mass is 269 g/mol. The van der Waals surface area contributed by atoms with Gasteiger partial charge in [-0.1, -0.05) is 11.6 Å². The summed E-state index contributed by atoms with van der Waals surface area (Å²) in [6.45, 7) is 7.20. The van der Waals surface area contributed by atoms with Gasteiger partial charge in [-0.3, -0.25) is 4.90 Å². The zero-order chi connectivity index (χ0) is 13.3. The Kier molecular flexibility index (Phi) is 3.80. The Morgan fingerprint density at radius 2 is 2.11 bits per heavy atom. The van der Waals surface area contributed by atoms with Crippen LogP contribution in [0.25, 0.3) is 0 Å². The predicted molar refractivity (Wildman–Crippen MR) is 74.1 cm³/mol. The highest BCUT2D eigenvalue weighted by molar-refractivity contribution is 6.31. The first-order chi connectivity index (χ1) is 8.44. The van der Waals surface area contributed by atoms with Gasteiger partial charge in [0.25, 0.3) is 0 Å². The smallest absolute Gasteiger partial charge is 0.129 e. The van der Waals surface area contributed by atoms with Gasteiger partial charge in [-0.05, 0) is 33.0 Å². The molecule has 1 N–H and O–H groups in total. The summed E-state index contributed by atoms with van der Waals surface area (Å²) in [4.78, 5) is 9.03. The Bertz CT molecular complexity index is 436. The van der Waals surface area contributed by atoms with E-state index >= 15 is 0 Å². The van der Waals surface area contributed by atoms with Crippen molar-refractivity contribution >= 4 is 17.4 Å². The number of piperazine rings is 1. The summed E-state index contributed by atoms with van der Waals surface area (Å²) in [5.41, 5.74) is 0.671. The van der Waals surface area contributed by atoms with E-state index in [1.807, 2.05) is 6.07 Å². The van der Waals surface area contributed by atoms with E-state index in [0.29, 0.717) is 10.7 Å². The fourth-order valence-electron chi connectivity index (χ4n) is 2.20. The zero-order valence-corrected chi connectivity index (χ0v) is 11.9. The summed E-state index contributed by atoms with van der Waals surface area (Å²) < 4.78 is 0. The molecular formula is C13H20ClN3O. The van der Waals surface area contributed by atoms with Crippen molar-refractivity contribution in [1.29, 1.82) is 0 Å². The summed E-state index contributed by atoms with van der Waals surface area (Å²) in [6.07, 6.45) is 0. The standard InChI is InChI=1S/C13H20ClN3O/c1-13(2)9-17(7-6-16(13)3)12-5-4-10(14)11(8-18)15-12/h4-5,18H,6-9H2,1-3H3. The topological polar surface area (TPSA) is 39.6 Å². The molecule has 1 fully saturated rings. The number of hydrogen-bond acceptors (Lipinski definition) is 4. The highest BCUT2D eigenvalue weighted by Gasteiger charge is 2.31. The van der Waals surface area contributed by atoms with E-state index in [-0.39, 0.29) is 12.1 Å². The van der Waals surface area contributed by atoms with Crippen molar-refractivity contribution in [3.8, 4) is 0 Å². The van der Waals surface area contributed by atoms with Gasteiger partial charge in [-0.15, -0.1) is 0 Å². The van der Waals surface area contributed by atoms with Crippen molar-refractivity contribution in [2.75, 3.05) is 31.6 Å². The molecule has 0 spiro atoms. The molecule has 100 valence electrons. The quantitative estimate of drug-likeness (QED) is 0.888. The second-order valence-corrected chi connectivity index (χ2v) is 5.82. The van der Waals surface area contributed by atoms with Crippen molar-refractivity contribution in [3.05, 3.63) is 22.8 Å². The van der Waals surface area contributed by atoms with Gasteiger partial charge in [0.1, 0.15) is 5.82 Å². The van der Waals surface area contributed by atoms with Crippen LogP contribution in [0.3, 0.4) is 0 Å². The number of nitrogens with zero attached hydrogens (tertiary/aromatic N) is 3. The lowest BCUT2D eigenvalue weighted by molar-refractivity contribution is 0.138. The second kappa shape index (κ2) is 5.03. The first-order valence-corrected chi connectivity index (χ1v) is 6.54. The maximum Gasteiger partial charge on any atom is 0.129 e. The third-order valence-electron chi connectivity index (χ3n) is 3.69. The minimum absolute atomic E-state index is 0.121. The number of rotatable bonds is 2. The number of halogens is 1. The fourth-order valence-corrected chi connectivity index (χ4v) is 2.36. The normalized spacial score (nSPS) is 20.2. The van der Waals surface area contributed by atoms with Crippen LogP contribution in [0.5, 0.6) is 0 Å². The van der Waals surface area contributed by atoms with Gasteiger partial charge < -0.3 is 10.0 Å². The maximum atomic E-state index is 9.21. The first kappa shape index (κ1) is 13.6. The third kappa shape index (κ3) is 2.60. The number of hydrogen-bond donors (Lipinski definition) is 1. The van der Waals surface area contributed by atoms with Gasteiger partial charge in [0.2, 0.25) is 0 Å². The molecule has 2 rings (SSSR count). The Hall–Kier alpha value is -0.840. The molecule has 0 bridgehead atoms. The van der Waals surface area contributed by atoms with E-state index in [2.05, 4.69) is 35.7 Å². The molecule has 0 amide bonds. The van der Waals surface area contributed by atoms with Crippen molar-refractivity contribution < 1.29 is 5.11 Å². The Morgan fingerprint density at radius 1 is 1.39 bits per heavy atom. The van der Waals surface area contributed by atoms with Gasteiger partial charge in [-0.2, -0.15) is 0 Å². The summed E-state index contributed by atoms with van der Waals surface area (Å²) in [6, 6.07) is 3.73. The molecule has 1 aromatic heterocycles. The molecule has 5 heteroatoms. The largest absolute Gasteiger partial charge is 0.390 e. The molecule has 4 nitrogen and oxygen atoms in total. The number of aliphatic hydroxyl groups is 1. The number of aromatic nitrogens is 1. The molecular weight excluding hydrogens is 250 g/mol.